The van der Waals surface area contributed by atoms with Crippen LogP contribution in [0.1, 0.15) is 201 Å². The maximum absolute atomic E-state index is 12.8. The summed E-state index contributed by atoms with van der Waals surface area (Å²) in [4.78, 5) is 49.9. The van der Waals surface area contributed by atoms with E-state index < -0.39 is 12.1 Å². The molecule has 0 radical (unpaired) electrons. The predicted octanol–water partition coefficient (Wildman–Crippen LogP) is 15.7. The molecule has 358 valence electrons. The first-order valence-electron chi connectivity index (χ1n) is 25.1. The summed E-state index contributed by atoms with van der Waals surface area (Å²) in [5.41, 5.74) is 3.01. The summed E-state index contributed by atoms with van der Waals surface area (Å²) in [6, 6.07) is 0. The van der Waals surface area contributed by atoms with E-state index >= 15 is 0 Å². The van der Waals surface area contributed by atoms with Gasteiger partial charge in [-0.3, -0.25) is 19.2 Å². The van der Waals surface area contributed by atoms with Gasteiger partial charge in [0.2, 0.25) is 0 Å². The smallest absolute Gasteiger partial charge is 0.306 e. The first-order valence-corrected chi connectivity index (χ1v) is 25.1. The molecule has 0 aliphatic heterocycles. The normalized spacial score (nSPS) is 12.5. The number of allylic oxidation sites excluding steroid dienone is 17. The van der Waals surface area contributed by atoms with Crippen LogP contribution >= 0.6 is 0 Å². The summed E-state index contributed by atoms with van der Waals surface area (Å²) in [5.74, 6) is -1.13. The van der Waals surface area contributed by atoms with Gasteiger partial charge in [-0.1, -0.05) is 163 Å². The van der Waals surface area contributed by atoms with Gasteiger partial charge in [-0.15, -0.1) is 5.73 Å². The monoisotopic (exact) mass is 885 g/mol. The second kappa shape index (κ2) is 49.5. The second-order valence-corrected chi connectivity index (χ2v) is 16.1. The maximum atomic E-state index is 12.8. The third kappa shape index (κ3) is 47.0. The Morgan fingerprint density at radius 2 is 0.891 bits per heavy atom. The fourth-order valence-corrected chi connectivity index (χ4v) is 6.25. The zero-order valence-corrected chi connectivity index (χ0v) is 40.5. The number of hydrogen-bond acceptors (Lipinski definition) is 7. The highest BCUT2D eigenvalue weighted by molar-refractivity contribution is 5.90. The minimum atomic E-state index is -0.859. The van der Waals surface area contributed by atoms with Crippen molar-refractivity contribution >= 4 is 23.7 Å². The van der Waals surface area contributed by atoms with Crippen molar-refractivity contribution in [3.63, 3.8) is 0 Å². The summed E-state index contributed by atoms with van der Waals surface area (Å²) >= 11 is 0. The molecule has 0 aromatic heterocycles. The molecule has 0 aromatic rings. The molecular weight excluding hydrogens is 797 g/mol. The van der Waals surface area contributed by atoms with E-state index in [1.165, 1.54) is 19.3 Å². The van der Waals surface area contributed by atoms with Gasteiger partial charge in [0.25, 0.3) is 0 Å². The van der Waals surface area contributed by atoms with E-state index in [1.807, 2.05) is 6.08 Å². The minimum absolute atomic E-state index is 0.00795. The van der Waals surface area contributed by atoms with Crippen molar-refractivity contribution in [3.05, 3.63) is 115 Å². The van der Waals surface area contributed by atoms with Crippen molar-refractivity contribution in [1.29, 1.82) is 0 Å². The Bertz CT molecular complexity index is 1460. The molecule has 64 heavy (non-hydrogen) atoms. The summed E-state index contributed by atoms with van der Waals surface area (Å²) < 4.78 is 16.6. The predicted molar refractivity (Wildman–Crippen MR) is 269 cm³/mol. The standard InChI is InChI=1S/C57H88O7/c1-4-7-10-13-16-18-20-22-24-26-28-30-33-38-43-48-55(59)62-51-54(64-57(61)50-45-39-34-31-29-27-25-23-21-19-17-14-11-8-5-2)52-63-56(60)49-44-40-35-37-42-47-53(58)46-41-36-32-15-12-9-6-3/h7-8,10-11,16-19,22-25,32,35-36,41-42,46,54H,4-6,9,12-15,20-21,26-31,33-34,38-40,43-45,47-52H2,1-3H3/b10-7-,11-8-,18-16-,19-17-,24-22-,25-23-,36-32-,46-41+/t37?,54-/m1/s1. The van der Waals surface area contributed by atoms with Crippen molar-refractivity contribution < 1.29 is 33.4 Å². The van der Waals surface area contributed by atoms with E-state index in [9.17, 15) is 19.2 Å². The van der Waals surface area contributed by atoms with E-state index in [4.69, 9.17) is 14.2 Å². The van der Waals surface area contributed by atoms with Crippen molar-refractivity contribution in [2.24, 2.45) is 0 Å². The summed E-state index contributed by atoms with van der Waals surface area (Å²) in [7, 11) is 0. The Kier molecular flexibility index (Phi) is 46.1. The highest BCUT2D eigenvalue weighted by Crippen LogP contribution is 2.12. The lowest BCUT2D eigenvalue weighted by Gasteiger charge is -2.18. The van der Waals surface area contributed by atoms with Crippen LogP contribution in [-0.2, 0) is 33.4 Å². The fraction of sp³-hybridized carbons (Fsp3) is 0.596. The molecule has 0 bridgehead atoms. The van der Waals surface area contributed by atoms with Crippen molar-refractivity contribution in [3.8, 4) is 0 Å². The molecule has 7 heteroatoms. The van der Waals surface area contributed by atoms with E-state index in [0.717, 1.165) is 116 Å². The Morgan fingerprint density at radius 1 is 0.438 bits per heavy atom. The Balaban J connectivity index is 4.64. The quantitative estimate of drug-likeness (QED) is 0.0114. The Morgan fingerprint density at radius 3 is 1.44 bits per heavy atom. The van der Waals surface area contributed by atoms with Crippen molar-refractivity contribution in [1.82, 2.24) is 0 Å². The molecule has 0 fully saturated rings. The molecule has 0 N–H and O–H groups in total. The van der Waals surface area contributed by atoms with Gasteiger partial charge in [-0.05, 0) is 121 Å². The topological polar surface area (TPSA) is 96.0 Å². The van der Waals surface area contributed by atoms with Crippen LogP contribution in [0.3, 0.4) is 0 Å². The molecule has 0 aromatic carbocycles. The second-order valence-electron chi connectivity index (χ2n) is 16.1. The van der Waals surface area contributed by atoms with Crippen LogP contribution in [0.2, 0.25) is 0 Å². The first kappa shape index (κ1) is 59.5. The van der Waals surface area contributed by atoms with Crippen LogP contribution in [0.25, 0.3) is 0 Å². The molecular formula is C57H88O7. The molecule has 0 aliphatic rings. The molecule has 1 atom stereocenters. The number of carbonyl (C=O) groups is 4. The minimum Gasteiger partial charge on any atom is -0.462 e. The highest BCUT2D eigenvalue weighted by atomic mass is 16.6. The molecule has 7 nitrogen and oxygen atoms in total. The van der Waals surface area contributed by atoms with Gasteiger partial charge in [-0.25, -0.2) is 0 Å². The summed E-state index contributed by atoms with van der Waals surface area (Å²) in [6.45, 7) is 6.14. The number of ether oxygens (including phenoxy) is 3. The van der Waals surface area contributed by atoms with Gasteiger partial charge in [0, 0.05) is 25.7 Å². The summed E-state index contributed by atoms with van der Waals surface area (Å²) in [6.07, 6.45) is 61.4. The number of carbonyl (C=O) groups excluding carboxylic acids is 4. The van der Waals surface area contributed by atoms with Crippen molar-refractivity contribution in [2.75, 3.05) is 13.2 Å². The van der Waals surface area contributed by atoms with Crippen LogP contribution in [0.15, 0.2) is 115 Å². The lowest BCUT2D eigenvalue weighted by atomic mass is 10.1. The number of unbranched alkanes of at least 4 members (excludes halogenated alkanes) is 14. The van der Waals surface area contributed by atoms with Gasteiger partial charge in [0.05, 0.1) is 0 Å². The third-order valence-corrected chi connectivity index (χ3v) is 9.99. The third-order valence-electron chi connectivity index (χ3n) is 9.99. The maximum Gasteiger partial charge on any atom is 0.306 e. The molecule has 0 aliphatic carbocycles. The van der Waals surface area contributed by atoms with Crippen LogP contribution in [-0.4, -0.2) is 43.0 Å². The fourth-order valence-electron chi connectivity index (χ4n) is 6.25. The number of hydrogen-bond donors (Lipinski definition) is 0. The molecule has 0 heterocycles. The molecule has 0 saturated heterocycles. The zero-order chi connectivity index (χ0) is 46.7. The molecule has 0 spiro atoms. The Hall–Kier alpha value is -4.48. The van der Waals surface area contributed by atoms with E-state index in [2.05, 4.69) is 105 Å². The number of rotatable bonds is 43. The zero-order valence-electron chi connectivity index (χ0n) is 40.5. The number of ketones is 1. The first-order chi connectivity index (χ1) is 31.4. The Labute approximate surface area is 390 Å². The molecule has 0 unspecified atom stereocenters. The van der Waals surface area contributed by atoms with Gasteiger partial charge in [-0.2, -0.15) is 0 Å². The van der Waals surface area contributed by atoms with Crippen LogP contribution in [0.5, 0.6) is 0 Å². The largest absolute Gasteiger partial charge is 0.462 e. The van der Waals surface area contributed by atoms with E-state index in [0.29, 0.717) is 25.7 Å². The van der Waals surface area contributed by atoms with Gasteiger partial charge >= 0.3 is 17.9 Å². The van der Waals surface area contributed by atoms with Gasteiger partial charge < -0.3 is 14.2 Å². The van der Waals surface area contributed by atoms with E-state index in [-0.39, 0.29) is 50.2 Å². The average Bonchev–Trinajstić information content (AvgIpc) is 3.29. The number of esters is 3. The van der Waals surface area contributed by atoms with E-state index in [1.54, 1.807) is 24.3 Å². The lowest BCUT2D eigenvalue weighted by Crippen LogP contribution is -2.30. The summed E-state index contributed by atoms with van der Waals surface area (Å²) in [5, 5.41) is 0. The SMILES string of the molecule is CC/C=C\C/C=C\C/C=C\CCCCCCCC(=O)OC[C@H](COC(=O)CCCC=C=CCC(=O)/C=C/C=C\CCCCC)OC(=O)CCCCCCC/C=C\C/C=C\C/C=C\CC. The average molecular weight is 885 g/mol. The van der Waals surface area contributed by atoms with Crippen LogP contribution in [0.4, 0.5) is 0 Å². The van der Waals surface area contributed by atoms with Gasteiger partial charge in [0.15, 0.2) is 11.9 Å². The molecule has 0 saturated carbocycles. The van der Waals surface area contributed by atoms with Crippen LogP contribution < -0.4 is 0 Å². The lowest BCUT2D eigenvalue weighted by molar-refractivity contribution is -0.167. The van der Waals surface area contributed by atoms with Crippen molar-refractivity contribution in [2.45, 2.75) is 207 Å². The highest BCUT2D eigenvalue weighted by Gasteiger charge is 2.19. The van der Waals surface area contributed by atoms with Crippen LogP contribution in [0, 0.1) is 0 Å². The molecule has 0 rings (SSSR count). The van der Waals surface area contributed by atoms with Gasteiger partial charge in [0.1, 0.15) is 13.2 Å². The molecule has 0 amide bonds.